The summed E-state index contributed by atoms with van der Waals surface area (Å²) in [5, 5.41) is 0. The van der Waals surface area contributed by atoms with Crippen LogP contribution in [0.3, 0.4) is 0 Å². The van der Waals surface area contributed by atoms with Gasteiger partial charge in [-0.05, 0) is 31.3 Å². The van der Waals surface area contributed by atoms with Gasteiger partial charge in [0, 0.05) is 27.4 Å². The Morgan fingerprint density at radius 3 is 1.54 bits per heavy atom. The van der Waals surface area contributed by atoms with Crippen LogP contribution in [-0.4, -0.2) is 40.5 Å². The van der Waals surface area contributed by atoms with Crippen LogP contribution in [0.25, 0.3) is 0 Å². The summed E-state index contributed by atoms with van der Waals surface area (Å²) in [7, 11) is 3.38. The van der Waals surface area contributed by atoms with Crippen molar-refractivity contribution in [2.45, 2.75) is 12.8 Å². The number of hydrogen-bond donors (Lipinski definition) is 2. The molecule has 0 aliphatic rings. The maximum Gasteiger partial charge on any atom is 0.0468 e. The van der Waals surface area contributed by atoms with Gasteiger partial charge in [0.2, 0.25) is 0 Å². The molecule has 0 spiro atoms. The summed E-state index contributed by atoms with van der Waals surface area (Å²) < 4.78 is 10.1. The van der Waals surface area contributed by atoms with Gasteiger partial charge in [0.15, 0.2) is 0 Å². The van der Waals surface area contributed by atoms with Crippen LogP contribution in [0.5, 0.6) is 0 Å². The van der Waals surface area contributed by atoms with Crippen LogP contribution in [0.2, 0.25) is 0 Å². The highest BCUT2D eigenvalue weighted by atomic mass is 16.5. The van der Waals surface area contributed by atoms with E-state index < -0.39 is 0 Å². The van der Waals surface area contributed by atoms with Crippen molar-refractivity contribution in [1.82, 2.24) is 0 Å². The second-order valence-corrected chi connectivity index (χ2v) is 3.39. The van der Waals surface area contributed by atoms with E-state index in [0.717, 1.165) is 12.8 Å². The molecule has 0 atom stereocenters. The van der Waals surface area contributed by atoms with Crippen LogP contribution >= 0.6 is 0 Å². The van der Waals surface area contributed by atoms with Gasteiger partial charge in [-0.3, -0.25) is 0 Å². The van der Waals surface area contributed by atoms with Gasteiger partial charge in [0.1, 0.15) is 0 Å². The zero-order valence-corrected chi connectivity index (χ0v) is 8.71. The summed E-state index contributed by atoms with van der Waals surface area (Å²) in [4.78, 5) is 0. The Labute approximate surface area is 80.6 Å². The molecule has 0 rings (SSSR count). The fourth-order valence-corrected chi connectivity index (χ4v) is 1.25. The molecule has 0 aromatic carbocycles. The van der Waals surface area contributed by atoms with Crippen molar-refractivity contribution in [2.24, 2.45) is 16.9 Å². The molecule has 0 amide bonds. The molecule has 0 saturated heterocycles. The van der Waals surface area contributed by atoms with E-state index in [9.17, 15) is 0 Å². The molecule has 4 heteroatoms. The Kier molecular flexibility index (Phi) is 7.17. The Bertz CT molecular complexity index is 106. The smallest absolute Gasteiger partial charge is 0.0468 e. The van der Waals surface area contributed by atoms with Crippen molar-refractivity contribution in [3.63, 3.8) is 0 Å². The lowest BCUT2D eigenvalue weighted by Gasteiger charge is -2.30. The SMILES string of the molecule is COCCC(CN)(CN)CCOC. The van der Waals surface area contributed by atoms with Crippen LogP contribution < -0.4 is 11.5 Å². The average molecular weight is 190 g/mol. The number of nitrogens with two attached hydrogens (primary N) is 2. The molecule has 80 valence electrons. The molecule has 0 aliphatic carbocycles. The van der Waals surface area contributed by atoms with Crippen molar-refractivity contribution in [3.8, 4) is 0 Å². The first-order valence-corrected chi connectivity index (χ1v) is 4.62. The summed E-state index contributed by atoms with van der Waals surface area (Å²) in [5.41, 5.74) is 11.4. The Morgan fingerprint density at radius 2 is 1.31 bits per heavy atom. The van der Waals surface area contributed by atoms with Crippen LogP contribution in [0.4, 0.5) is 0 Å². The van der Waals surface area contributed by atoms with Crippen LogP contribution in [0, 0.1) is 5.41 Å². The first-order chi connectivity index (χ1) is 6.24. The van der Waals surface area contributed by atoms with E-state index in [1.165, 1.54) is 0 Å². The molecule has 0 fully saturated rings. The summed E-state index contributed by atoms with van der Waals surface area (Å²) in [6, 6.07) is 0. The van der Waals surface area contributed by atoms with Crippen LogP contribution in [0.15, 0.2) is 0 Å². The number of hydrogen-bond acceptors (Lipinski definition) is 4. The highest BCUT2D eigenvalue weighted by molar-refractivity contribution is 4.81. The second-order valence-electron chi connectivity index (χ2n) is 3.39. The van der Waals surface area contributed by atoms with Gasteiger partial charge < -0.3 is 20.9 Å². The van der Waals surface area contributed by atoms with Gasteiger partial charge in [0.25, 0.3) is 0 Å². The van der Waals surface area contributed by atoms with Crippen molar-refractivity contribution >= 4 is 0 Å². The molecule has 13 heavy (non-hydrogen) atoms. The first kappa shape index (κ1) is 12.8. The van der Waals surface area contributed by atoms with Crippen molar-refractivity contribution in [3.05, 3.63) is 0 Å². The van der Waals surface area contributed by atoms with E-state index in [1.807, 2.05) is 0 Å². The molecule has 4 nitrogen and oxygen atoms in total. The average Bonchev–Trinajstić information content (AvgIpc) is 2.20. The zero-order chi connectivity index (χ0) is 10.2. The molecule has 4 N–H and O–H groups in total. The maximum atomic E-state index is 5.71. The third-order valence-electron chi connectivity index (χ3n) is 2.54. The number of methoxy groups -OCH3 is 2. The van der Waals surface area contributed by atoms with Gasteiger partial charge >= 0.3 is 0 Å². The maximum absolute atomic E-state index is 5.71. The van der Waals surface area contributed by atoms with E-state index in [2.05, 4.69) is 0 Å². The minimum Gasteiger partial charge on any atom is -0.385 e. The minimum absolute atomic E-state index is 0.00792. The third-order valence-corrected chi connectivity index (χ3v) is 2.54. The van der Waals surface area contributed by atoms with Gasteiger partial charge in [-0.1, -0.05) is 0 Å². The molecule has 0 unspecified atom stereocenters. The Morgan fingerprint density at radius 1 is 0.923 bits per heavy atom. The first-order valence-electron chi connectivity index (χ1n) is 4.62. The van der Waals surface area contributed by atoms with Gasteiger partial charge in [-0.25, -0.2) is 0 Å². The zero-order valence-electron chi connectivity index (χ0n) is 8.71. The highest BCUT2D eigenvalue weighted by Gasteiger charge is 2.26. The van der Waals surface area contributed by atoms with E-state index in [0.29, 0.717) is 26.3 Å². The second kappa shape index (κ2) is 7.26. The molecular formula is C9H22N2O2. The number of ether oxygens (including phenoxy) is 2. The van der Waals surface area contributed by atoms with Gasteiger partial charge in [0.05, 0.1) is 0 Å². The third kappa shape index (κ3) is 4.57. The van der Waals surface area contributed by atoms with Gasteiger partial charge in [-0.15, -0.1) is 0 Å². The van der Waals surface area contributed by atoms with E-state index in [-0.39, 0.29) is 5.41 Å². The molecule has 0 aromatic rings. The van der Waals surface area contributed by atoms with Gasteiger partial charge in [-0.2, -0.15) is 0 Å². The molecule has 0 radical (unpaired) electrons. The molecular weight excluding hydrogens is 168 g/mol. The Balaban J connectivity index is 3.97. The summed E-state index contributed by atoms with van der Waals surface area (Å²) in [5.74, 6) is 0. The summed E-state index contributed by atoms with van der Waals surface area (Å²) >= 11 is 0. The predicted molar refractivity (Wildman–Crippen MR) is 53.5 cm³/mol. The topological polar surface area (TPSA) is 70.5 Å². The largest absolute Gasteiger partial charge is 0.385 e. The van der Waals surface area contributed by atoms with Crippen LogP contribution in [-0.2, 0) is 9.47 Å². The lowest BCUT2D eigenvalue weighted by Crippen LogP contribution is -2.39. The Hall–Kier alpha value is -0.160. The van der Waals surface area contributed by atoms with Crippen molar-refractivity contribution < 1.29 is 9.47 Å². The standard InChI is InChI=1S/C9H22N2O2/c1-12-5-3-9(7-10,8-11)4-6-13-2/h3-8,10-11H2,1-2H3. The highest BCUT2D eigenvalue weighted by Crippen LogP contribution is 2.23. The van der Waals surface area contributed by atoms with Crippen molar-refractivity contribution in [2.75, 3.05) is 40.5 Å². The normalized spacial score (nSPS) is 12.0. The van der Waals surface area contributed by atoms with E-state index in [1.54, 1.807) is 14.2 Å². The van der Waals surface area contributed by atoms with E-state index >= 15 is 0 Å². The molecule has 0 saturated carbocycles. The molecule has 0 heterocycles. The molecule has 0 bridgehead atoms. The lowest BCUT2D eigenvalue weighted by atomic mass is 9.82. The molecule has 0 aromatic heterocycles. The van der Waals surface area contributed by atoms with Crippen LogP contribution in [0.1, 0.15) is 12.8 Å². The summed E-state index contributed by atoms with van der Waals surface area (Å²) in [6.07, 6.45) is 1.81. The van der Waals surface area contributed by atoms with E-state index in [4.69, 9.17) is 20.9 Å². The monoisotopic (exact) mass is 190 g/mol. The quantitative estimate of drug-likeness (QED) is 0.563. The lowest BCUT2D eigenvalue weighted by molar-refractivity contribution is 0.101. The van der Waals surface area contributed by atoms with Crippen molar-refractivity contribution in [1.29, 1.82) is 0 Å². The molecule has 0 aliphatic heterocycles. The fraction of sp³-hybridized carbons (Fsp3) is 1.00. The summed E-state index contributed by atoms with van der Waals surface area (Å²) in [6.45, 7) is 2.60. The number of rotatable bonds is 8. The fourth-order valence-electron chi connectivity index (χ4n) is 1.25. The minimum atomic E-state index is -0.00792. The predicted octanol–water partition coefficient (Wildman–Crippen LogP) is -0.0368.